The van der Waals surface area contributed by atoms with Crippen LogP contribution in [0.5, 0.6) is 0 Å². The molecular formula is C15H22N2O3. The Bertz CT molecular complexity index is 490. The molecule has 110 valence electrons. The second-order valence-electron chi connectivity index (χ2n) is 5.47. The normalized spacial score (nSPS) is 18.6. The van der Waals surface area contributed by atoms with Gasteiger partial charge in [-0.3, -0.25) is 4.79 Å². The molecule has 0 atom stereocenters. The summed E-state index contributed by atoms with van der Waals surface area (Å²) in [6.07, 6.45) is 0. The smallest absolute Gasteiger partial charge is 0.251 e. The van der Waals surface area contributed by atoms with Gasteiger partial charge >= 0.3 is 0 Å². The van der Waals surface area contributed by atoms with Gasteiger partial charge in [0.15, 0.2) is 5.79 Å². The lowest BCUT2D eigenvalue weighted by Gasteiger charge is -2.35. The average molecular weight is 278 g/mol. The Labute approximate surface area is 119 Å². The summed E-state index contributed by atoms with van der Waals surface area (Å²) >= 11 is 0. The average Bonchev–Trinajstić information content (AvgIpc) is 2.42. The standard InChI is InChI=1S/C15H22N2O3/c1-10-5-6-11(14(18)16-4)7-13(10)17-12-8-19-15(2,3)20-9-12/h5-7,12,17H,8-9H2,1-4H3,(H,16,18). The molecule has 1 aliphatic heterocycles. The van der Waals surface area contributed by atoms with Crippen molar-refractivity contribution in [2.24, 2.45) is 0 Å². The van der Waals surface area contributed by atoms with Gasteiger partial charge in [0.1, 0.15) is 0 Å². The molecule has 0 aliphatic carbocycles. The fourth-order valence-corrected chi connectivity index (χ4v) is 2.06. The second-order valence-corrected chi connectivity index (χ2v) is 5.47. The van der Waals surface area contributed by atoms with Crippen LogP contribution in [0, 0.1) is 6.92 Å². The first-order valence-electron chi connectivity index (χ1n) is 6.78. The fraction of sp³-hybridized carbons (Fsp3) is 0.533. The third kappa shape index (κ3) is 3.49. The number of carbonyl (C=O) groups excluding carboxylic acids is 1. The number of aryl methyl sites for hydroxylation is 1. The number of ether oxygens (including phenoxy) is 2. The first-order valence-corrected chi connectivity index (χ1v) is 6.78. The van der Waals surface area contributed by atoms with Crippen molar-refractivity contribution in [3.05, 3.63) is 29.3 Å². The van der Waals surface area contributed by atoms with Crippen LogP contribution in [0.15, 0.2) is 18.2 Å². The lowest BCUT2D eigenvalue weighted by molar-refractivity contribution is -0.247. The minimum absolute atomic E-state index is 0.0849. The third-order valence-corrected chi connectivity index (χ3v) is 3.35. The molecule has 1 aromatic rings. The topological polar surface area (TPSA) is 59.6 Å². The summed E-state index contributed by atoms with van der Waals surface area (Å²) in [4.78, 5) is 11.7. The van der Waals surface area contributed by atoms with Gasteiger partial charge in [0.25, 0.3) is 5.91 Å². The fourth-order valence-electron chi connectivity index (χ4n) is 2.06. The Morgan fingerprint density at radius 2 is 1.95 bits per heavy atom. The van der Waals surface area contributed by atoms with E-state index in [4.69, 9.17) is 9.47 Å². The predicted molar refractivity (Wildman–Crippen MR) is 78.0 cm³/mol. The molecule has 0 saturated carbocycles. The minimum atomic E-state index is -0.517. The SMILES string of the molecule is CNC(=O)c1ccc(C)c(NC2COC(C)(C)OC2)c1. The van der Waals surface area contributed by atoms with E-state index in [1.54, 1.807) is 7.05 Å². The highest BCUT2D eigenvalue weighted by atomic mass is 16.7. The number of hydrogen-bond donors (Lipinski definition) is 2. The van der Waals surface area contributed by atoms with Crippen LogP contribution in [0.1, 0.15) is 29.8 Å². The molecule has 0 bridgehead atoms. The Balaban J connectivity index is 2.07. The largest absolute Gasteiger partial charge is 0.377 e. The minimum Gasteiger partial charge on any atom is -0.377 e. The molecule has 5 heteroatoms. The number of anilines is 1. The van der Waals surface area contributed by atoms with Crippen LogP contribution in [0.2, 0.25) is 0 Å². The number of nitrogens with one attached hydrogen (secondary N) is 2. The van der Waals surface area contributed by atoms with Gasteiger partial charge in [-0.05, 0) is 38.5 Å². The maximum atomic E-state index is 11.7. The van der Waals surface area contributed by atoms with Crippen molar-refractivity contribution >= 4 is 11.6 Å². The monoisotopic (exact) mass is 278 g/mol. The summed E-state index contributed by atoms with van der Waals surface area (Å²) in [6, 6.07) is 5.69. The molecule has 1 saturated heterocycles. The van der Waals surface area contributed by atoms with Crippen LogP contribution >= 0.6 is 0 Å². The molecule has 0 radical (unpaired) electrons. The van der Waals surface area contributed by atoms with Crippen molar-refractivity contribution in [2.75, 3.05) is 25.6 Å². The molecule has 1 fully saturated rings. The number of benzene rings is 1. The predicted octanol–water partition coefficient (Wildman–Crippen LogP) is 1.92. The summed E-state index contributed by atoms with van der Waals surface area (Å²) in [5, 5.41) is 6.00. The van der Waals surface area contributed by atoms with Gasteiger partial charge in [-0.25, -0.2) is 0 Å². The maximum absolute atomic E-state index is 11.7. The van der Waals surface area contributed by atoms with Crippen molar-refractivity contribution < 1.29 is 14.3 Å². The quantitative estimate of drug-likeness (QED) is 0.887. The van der Waals surface area contributed by atoms with Crippen LogP contribution in [-0.2, 0) is 9.47 Å². The van der Waals surface area contributed by atoms with E-state index in [1.807, 2.05) is 39.0 Å². The second kappa shape index (κ2) is 5.81. The van der Waals surface area contributed by atoms with E-state index in [9.17, 15) is 4.79 Å². The van der Waals surface area contributed by atoms with Gasteiger partial charge in [0.2, 0.25) is 0 Å². The molecule has 2 rings (SSSR count). The van der Waals surface area contributed by atoms with Gasteiger partial charge in [-0.1, -0.05) is 6.07 Å². The van der Waals surface area contributed by atoms with Crippen LogP contribution in [0.4, 0.5) is 5.69 Å². The first kappa shape index (κ1) is 14.8. The van der Waals surface area contributed by atoms with E-state index < -0.39 is 5.79 Å². The van der Waals surface area contributed by atoms with Crippen molar-refractivity contribution in [3.8, 4) is 0 Å². The summed E-state index contributed by atoms with van der Waals surface area (Å²) in [5.74, 6) is -0.609. The van der Waals surface area contributed by atoms with Gasteiger partial charge in [0, 0.05) is 18.3 Å². The number of carbonyl (C=O) groups is 1. The van der Waals surface area contributed by atoms with Crippen molar-refractivity contribution in [2.45, 2.75) is 32.6 Å². The van der Waals surface area contributed by atoms with Crippen LogP contribution in [0.25, 0.3) is 0 Å². The summed E-state index contributed by atoms with van der Waals surface area (Å²) in [7, 11) is 1.63. The van der Waals surface area contributed by atoms with E-state index in [0.717, 1.165) is 11.3 Å². The molecule has 2 N–H and O–H groups in total. The molecule has 1 heterocycles. The van der Waals surface area contributed by atoms with Crippen LogP contribution < -0.4 is 10.6 Å². The Morgan fingerprint density at radius 3 is 2.55 bits per heavy atom. The van der Waals surface area contributed by atoms with E-state index in [0.29, 0.717) is 18.8 Å². The Hall–Kier alpha value is -1.59. The summed E-state index contributed by atoms with van der Waals surface area (Å²) in [5.41, 5.74) is 2.66. The molecular weight excluding hydrogens is 256 g/mol. The third-order valence-electron chi connectivity index (χ3n) is 3.35. The lowest BCUT2D eigenvalue weighted by Crippen LogP contribution is -2.45. The molecule has 1 aliphatic rings. The van der Waals surface area contributed by atoms with E-state index in [1.165, 1.54) is 0 Å². The van der Waals surface area contributed by atoms with Crippen molar-refractivity contribution in [1.29, 1.82) is 0 Å². The lowest BCUT2D eigenvalue weighted by atomic mass is 10.1. The number of amides is 1. The summed E-state index contributed by atoms with van der Waals surface area (Å²) < 4.78 is 11.2. The molecule has 5 nitrogen and oxygen atoms in total. The maximum Gasteiger partial charge on any atom is 0.251 e. The number of hydrogen-bond acceptors (Lipinski definition) is 4. The van der Waals surface area contributed by atoms with E-state index >= 15 is 0 Å². The van der Waals surface area contributed by atoms with Crippen LogP contribution in [0.3, 0.4) is 0 Å². The highest BCUT2D eigenvalue weighted by Crippen LogP contribution is 2.22. The molecule has 1 aromatic carbocycles. The van der Waals surface area contributed by atoms with Crippen molar-refractivity contribution in [3.63, 3.8) is 0 Å². The van der Waals surface area contributed by atoms with Gasteiger partial charge in [-0.2, -0.15) is 0 Å². The van der Waals surface area contributed by atoms with Crippen molar-refractivity contribution in [1.82, 2.24) is 5.32 Å². The first-order chi connectivity index (χ1) is 9.41. The van der Waals surface area contributed by atoms with Gasteiger partial charge in [-0.15, -0.1) is 0 Å². The molecule has 0 unspecified atom stereocenters. The highest BCUT2D eigenvalue weighted by molar-refractivity contribution is 5.95. The Morgan fingerprint density at radius 1 is 1.30 bits per heavy atom. The molecule has 20 heavy (non-hydrogen) atoms. The zero-order chi connectivity index (χ0) is 14.8. The molecule has 1 amide bonds. The molecule has 0 aromatic heterocycles. The molecule has 0 spiro atoms. The van der Waals surface area contributed by atoms with Crippen LogP contribution in [-0.4, -0.2) is 38.0 Å². The summed E-state index contributed by atoms with van der Waals surface area (Å²) in [6.45, 7) is 6.97. The zero-order valence-electron chi connectivity index (χ0n) is 12.4. The van der Waals surface area contributed by atoms with E-state index in [-0.39, 0.29) is 11.9 Å². The van der Waals surface area contributed by atoms with Gasteiger partial charge < -0.3 is 20.1 Å². The zero-order valence-corrected chi connectivity index (χ0v) is 12.4. The number of rotatable bonds is 3. The highest BCUT2D eigenvalue weighted by Gasteiger charge is 2.28. The van der Waals surface area contributed by atoms with E-state index in [2.05, 4.69) is 10.6 Å². The van der Waals surface area contributed by atoms with Gasteiger partial charge in [0.05, 0.1) is 19.3 Å². The Kier molecular flexibility index (Phi) is 4.30.